The number of benzene rings is 1. The predicted molar refractivity (Wildman–Crippen MR) is 106 cm³/mol. The standard InChI is InChI=1S/C17H17Cl2N7O2/c18-9-1-2-12(11(19)5-9)28-4-3-13(27)25-6-10(7-25)26-8-22-14-15(20)23-17(21)24-16(14)26/h1-2,5,8,10H,3-4,6-7H2,(H4,20,21,23,24). The number of likely N-dealkylation sites (tertiary alicyclic amines) is 1. The van der Waals surface area contributed by atoms with Crippen LogP contribution in [-0.4, -0.2) is 50.0 Å². The van der Waals surface area contributed by atoms with Crippen molar-refractivity contribution in [1.29, 1.82) is 0 Å². The minimum Gasteiger partial charge on any atom is -0.491 e. The molecule has 1 fully saturated rings. The molecule has 3 aromatic rings. The van der Waals surface area contributed by atoms with Crippen molar-refractivity contribution in [3.63, 3.8) is 0 Å². The number of anilines is 2. The van der Waals surface area contributed by atoms with Crippen molar-refractivity contribution >= 4 is 52.0 Å². The van der Waals surface area contributed by atoms with E-state index in [4.69, 9.17) is 39.4 Å². The van der Waals surface area contributed by atoms with Crippen LogP contribution in [0.4, 0.5) is 11.8 Å². The summed E-state index contributed by atoms with van der Waals surface area (Å²) in [7, 11) is 0. The lowest BCUT2D eigenvalue weighted by molar-refractivity contribution is -0.137. The number of hydrogen-bond acceptors (Lipinski definition) is 7. The molecule has 0 atom stereocenters. The first-order chi connectivity index (χ1) is 13.4. The van der Waals surface area contributed by atoms with E-state index in [1.54, 1.807) is 29.4 Å². The quantitative estimate of drug-likeness (QED) is 0.645. The summed E-state index contributed by atoms with van der Waals surface area (Å²) in [4.78, 5) is 26.4. The molecule has 0 aliphatic carbocycles. The molecule has 0 radical (unpaired) electrons. The molecule has 4 N–H and O–H groups in total. The van der Waals surface area contributed by atoms with Crippen molar-refractivity contribution in [2.24, 2.45) is 0 Å². The lowest BCUT2D eigenvalue weighted by Crippen LogP contribution is -2.50. The lowest BCUT2D eigenvalue weighted by atomic mass is 10.1. The minimum absolute atomic E-state index is 0.000546. The Morgan fingerprint density at radius 3 is 2.79 bits per heavy atom. The number of carbonyl (C=O) groups is 1. The molecule has 1 aliphatic rings. The molecule has 0 spiro atoms. The van der Waals surface area contributed by atoms with Gasteiger partial charge in [0.2, 0.25) is 11.9 Å². The topological polar surface area (TPSA) is 125 Å². The van der Waals surface area contributed by atoms with Crippen molar-refractivity contribution in [3.8, 4) is 5.75 Å². The van der Waals surface area contributed by atoms with Crippen molar-refractivity contribution in [1.82, 2.24) is 24.4 Å². The molecule has 11 heteroatoms. The molecule has 146 valence electrons. The Labute approximate surface area is 170 Å². The average molecular weight is 422 g/mol. The van der Waals surface area contributed by atoms with Crippen LogP contribution in [0.25, 0.3) is 11.2 Å². The average Bonchev–Trinajstić information content (AvgIpc) is 2.99. The van der Waals surface area contributed by atoms with Gasteiger partial charge < -0.3 is 25.7 Å². The smallest absolute Gasteiger partial charge is 0.226 e. The van der Waals surface area contributed by atoms with Crippen molar-refractivity contribution < 1.29 is 9.53 Å². The van der Waals surface area contributed by atoms with Gasteiger partial charge in [0.05, 0.1) is 30.4 Å². The van der Waals surface area contributed by atoms with Crippen LogP contribution in [0, 0.1) is 0 Å². The molecule has 9 nitrogen and oxygen atoms in total. The van der Waals surface area contributed by atoms with Crippen LogP contribution in [0.3, 0.4) is 0 Å². The third-order valence-corrected chi connectivity index (χ3v) is 5.07. The van der Waals surface area contributed by atoms with Gasteiger partial charge in [-0.25, -0.2) is 4.98 Å². The normalized spacial score (nSPS) is 14.3. The number of aromatic nitrogens is 4. The van der Waals surface area contributed by atoms with Gasteiger partial charge in [0.15, 0.2) is 11.5 Å². The number of hydrogen-bond donors (Lipinski definition) is 2. The molecule has 0 bridgehead atoms. The molecule has 1 aromatic carbocycles. The van der Waals surface area contributed by atoms with E-state index in [0.717, 1.165) is 0 Å². The second-order valence-electron chi connectivity index (χ2n) is 6.42. The molecule has 0 saturated carbocycles. The maximum Gasteiger partial charge on any atom is 0.226 e. The lowest BCUT2D eigenvalue weighted by Gasteiger charge is -2.40. The van der Waals surface area contributed by atoms with E-state index < -0.39 is 0 Å². The Kier molecular flexibility index (Phi) is 4.86. The monoisotopic (exact) mass is 421 g/mol. The minimum atomic E-state index is -0.000546. The summed E-state index contributed by atoms with van der Waals surface area (Å²) in [6, 6.07) is 5.02. The summed E-state index contributed by atoms with van der Waals surface area (Å²) in [6.45, 7) is 1.33. The summed E-state index contributed by atoms with van der Waals surface area (Å²) < 4.78 is 7.44. The van der Waals surface area contributed by atoms with Gasteiger partial charge in [0.1, 0.15) is 11.3 Å². The number of nitrogens with two attached hydrogens (primary N) is 2. The molecular formula is C17H17Cl2N7O2. The molecule has 28 heavy (non-hydrogen) atoms. The molecule has 0 unspecified atom stereocenters. The van der Waals surface area contributed by atoms with Gasteiger partial charge in [0.25, 0.3) is 0 Å². The number of halogens is 2. The van der Waals surface area contributed by atoms with Crippen LogP contribution < -0.4 is 16.2 Å². The number of nitrogens with zero attached hydrogens (tertiary/aromatic N) is 5. The third kappa shape index (κ3) is 3.50. The summed E-state index contributed by atoms with van der Waals surface area (Å²) in [5, 5.41) is 0.942. The molecule has 1 amide bonds. The summed E-state index contributed by atoms with van der Waals surface area (Å²) >= 11 is 11.9. The van der Waals surface area contributed by atoms with E-state index in [9.17, 15) is 4.79 Å². The van der Waals surface area contributed by atoms with E-state index in [1.165, 1.54) is 0 Å². The van der Waals surface area contributed by atoms with Crippen LogP contribution >= 0.6 is 23.2 Å². The number of ether oxygens (including phenoxy) is 1. The van der Waals surface area contributed by atoms with Gasteiger partial charge in [-0.05, 0) is 18.2 Å². The Balaban J connectivity index is 1.32. The summed E-state index contributed by atoms with van der Waals surface area (Å²) in [5.74, 6) is 0.836. The number of nitrogen functional groups attached to an aromatic ring is 2. The maximum absolute atomic E-state index is 12.3. The second-order valence-corrected chi connectivity index (χ2v) is 7.26. The largest absolute Gasteiger partial charge is 0.491 e. The molecule has 1 saturated heterocycles. The summed E-state index contributed by atoms with van der Waals surface area (Å²) in [6.07, 6.45) is 1.89. The van der Waals surface area contributed by atoms with Gasteiger partial charge in [0, 0.05) is 18.1 Å². The zero-order valence-electron chi connectivity index (χ0n) is 14.7. The van der Waals surface area contributed by atoms with E-state index in [0.29, 0.717) is 40.0 Å². The van der Waals surface area contributed by atoms with Crippen LogP contribution in [0.2, 0.25) is 10.0 Å². The Hall–Kier alpha value is -2.78. The van der Waals surface area contributed by atoms with Gasteiger partial charge in [-0.15, -0.1) is 0 Å². The van der Waals surface area contributed by atoms with Crippen LogP contribution in [0.15, 0.2) is 24.5 Å². The molecule has 2 aromatic heterocycles. The van der Waals surface area contributed by atoms with Crippen molar-refractivity contribution in [2.75, 3.05) is 31.2 Å². The highest BCUT2D eigenvalue weighted by molar-refractivity contribution is 6.35. The zero-order chi connectivity index (χ0) is 19.8. The van der Waals surface area contributed by atoms with Crippen molar-refractivity contribution in [2.45, 2.75) is 12.5 Å². The number of carbonyl (C=O) groups excluding carboxylic acids is 1. The van der Waals surface area contributed by atoms with E-state index in [2.05, 4.69) is 15.0 Å². The maximum atomic E-state index is 12.3. The van der Waals surface area contributed by atoms with Crippen LogP contribution in [-0.2, 0) is 4.79 Å². The van der Waals surface area contributed by atoms with E-state index >= 15 is 0 Å². The van der Waals surface area contributed by atoms with Crippen LogP contribution in [0.1, 0.15) is 12.5 Å². The fraction of sp³-hybridized carbons (Fsp3) is 0.294. The second kappa shape index (κ2) is 7.33. The van der Waals surface area contributed by atoms with Gasteiger partial charge in [-0.2, -0.15) is 9.97 Å². The fourth-order valence-electron chi connectivity index (χ4n) is 3.06. The predicted octanol–water partition coefficient (Wildman–Crippen LogP) is 2.15. The number of imidazole rings is 1. The Morgan fingerprint density at radius 1 is 1.25 bits per heavy atom. The summed E-state index contributed by atoms with van der Waals surface area (Å²) in [5.41, 5.74) is 12.6. The number of fused-ring (bicyclic) bond motifs is 1. The Morgan fingerprint density at radius 2 is 2.04 bits per heavy atom. The van der Waals surface area contributed by atoms with Crippen LogP contribution in [0.5, 0.6) is 5.75 Å². The van der Waals surface area contributed by atoms with E-state index in [-0.39, 0.29) is 36.7 Å². The molecular weight excluding hydrogens is 405 g/mol. The van der Waals surface area contributed by atoms with E-state index in [1.807, 2.05) is 4.57 Å². The Bertz CT molecular complexity index is 1050. The molecule has 4 rings (SSSR count). The highest BCUT2D eigenvalue weighted by Gasteiger charge is 2.33. The molecule has 1 aliphatic heterocycles. The highest BCUT2D eigenvalue weighted by atomic mass is 35.5. The fourth-order valence-corrected chi connectivity index (χ4v) is 3.52. The zero-order valence-corrected chi connectivity index (χ0v) is 16.2. The van der Waals surface area contributed by atoms with Gasteiger partial charge in [-0.3, -0.25) is 4.79 Å². The highest BCUT2D eigenvalue weighted by Crippen LogP contribution is 2.29. The van der Waals surface area contributed by atoms with Gasteiger partial charge >= 0.3 is 0 Å². The first-order valence-corrected chi connectivity index (χ1v) is 9.29. The number of amides is 1. The first kappa shape index (κ1) is 18.6. The third-order valence-electron chi connectivity index (χ3n) is 4.54. The first-order valence-electron chi connectivity index (χ1n) is 8.53. The SMILES string of the molecule is Nc1nc(N)c2ncn(C3CN(C(=O)CCOc4ccc(Cl)cc4Cl)C3)c2n1. The molecule has 3 heterocycles. The van der Waals surface area contributed by atoms with Crippen molar-refractivity contribution in [3.05, 3.63) is 34.6 Å². The number of rotatable bonds is 5. The van der Waals surface area contributed by atoms with Gasteiger partial charge in [-0.1, -0.05) is 23.2 Å².